The molecule has 0 aromatic heterocycles. The predicted molar refractivity (Wildman–Crippen MR) is 161 cm³/mol. The number of amides is 1. The van der Waals surface area contributed by atoms with Crippen LogP contribution in [0.1, 0.15) is 103 Å². The smallest absolute Gasteiger partial charge is 0.221 e. The molecule has 2 rings (SSSR count). The number of amidine groups is 2. The van der Waals surface area contributed by atoms with Gasteiger partial charge in [-0.15, -0.1) is 0 Å². The summed E-state index contributed by atoms with van der Waals surface area (Å²) in [6.07, 6.45) is 15.4. The number of likely N-dealkylation sites (tertiary alicyclic amines) is 2. The molecule has 1 amide bonds. The first-order valence-electron chi connectivity index (χ1n) is 15.6. The van der Waals surface area contributed by atoms with Crippen LogP contribution in [0.2, 0.25) is 0 Å². The lowest BCUT2D eigenvalue weighted by Gasteiger charge is -2.33. The molecule has 9 heteroatoms. The Labute approximate surface area is 237 Å². The second kappa shape index (κ2) is 20.0. The van der Waals surface area contributed by atoms with E-state index in [9.17, 15) is 9.59 Å². The molecule has 9 nitrogen and oxygen atoms in total. The second-order valence-corrected chi connectivity index (χ2v) is 11.9. The van der Waals surface area contributed by atoms with Gasteiger partial charge in [0.15, 0.2) is 0 Å². The summed E-state index contributed by atoms with van der Waals surface area (Å²) in [6, 6.07) is 0. The van der Waals surface area contributed by atoms with Gasteiger partial charge in [0.1, 0.15) is 5.78 Å². The topological polar surface area (TPSA) is 141 Å². The third kappa shape index (κ3) is 16.6. The predicted octanol–water partition coefficient (Wildman–Crippen LogP) is 3.70. The molecule has 39 heavy (non-hydrogen) atoms. The van der Waals surface area contributed by atoms with Crippen LogP contribution in [0.5, 0.6) is 0 Å². The molecule has 224 valence electrons. The summed E-state index contributed by atoms with van der Waals surface area (Å²) in [5, 5.41) is 10.2. The van der Waals surface area contributed by atoms with Crippen molar-refractivity contribution in [2.75, 3.05) is 52.4 Å². The van der Waals surface area contributed by atoms with Gasteiger partial charge in [-0.2, -0.15) is 0 Å². The molecule has 0 unspecified atom stereocenters. The number of nitrogens with two attached hydrogens (primary N) is 2. The normalized spacial score (nSPS) is 18.3. The van der Waals surface area contributed by atoms with E-state index in [1.165, 1.54) is 44.9 Å². The highest BCUT2D eigenvalue weighted by Gasteiger charge is 2.22. The van der Waals surface area contributed by atoms with Crippen molar-refractivity contribution in [3.05, 3.63) is 0 Å². The number of hydrogen-bond donors (Lipinski definition) is 4. The average Bonchev–Trinajstić information content (AvgIpc) is 2.91. The van der Waals surface area contributed by atoms with Crippen LogP contribution in [-0.2, 0) is 9.59 Å². The molecule has 0 aromatic carbocycles. The highest BCUT2D eigenvalue weighted by atomic mass is 16.1. The van der Waals surface area contributed by atoms with Crippen molar-refractivity contribution in [3.63, 3.8) is 0 Å². The van der Waals surface area contributed by atoms with Gasteiger partial charge < -0.3 is 26.6 Å². The summed E-state index contributed by atoms with van der Waals surface area (Å²) in [5.74, 6) is 3.06. The third-order valence-electron chi connectivity index (χ3n) is 8.42. The standard InChI is InChI=1S/C30H57N7O2/c1-25(31)34-17-6-18-35-30(39)16-24-37-21-13-27(14-22-37)8-5-7-26-11-19-36(20-12-26)23-15-28(38)9-3-2-4-10-29(32)33/h26-27H,2-24H2,1H3,(H2,31,34)(H3,32,33)(H,35,39). The molecule has 2 heterocycles. The number of carbonyl (C=O) groups excluding carboxylic acids is 2. The maximum absolute atomic E-state index is 12.2. The summed E-state index contributed by atoms with van der Waals surface area (Å²) in [4.78, 5) is 33.3. The molecule has 0 spiro atoms. The lowest BCUT2D eigenvalue weighted by molar-refractivity contribution is -0.121. The minimum atomic E-state index is 0.140. The molecule has 0 saturated carbocycles. The minimum Gasteiger partial charge on any atom is -0.388 e. The fourth-order valence-electron chi connectivity index (χ4n) is 5.83. The largest absolute Gasteiger partial charge is 0.388 e. The van der Waals surface area contributed by atoms with Crippen molar-refractivity contribution in [1.29, 1.82) is 5.41 Å². The Morgan fingerprint density at radius 1 is 0.795 bits per heavy atom. The number of nitrogens with zero attached hydrogens (tertiary/aromatic N) is 3. The van der Waals surface area contributed by atoms with Crippen molar-refractivity contribution in [3.8, 4) is 0 Å². The molecular weight excluding hydrogens is 490 g/mol. The van der Waals surface area contributed by atoms with Crippen LogP contribution in [0.4, 0.5) is 0 Å². The number of unbranched alkanes of at least 4 members (excludes halogenated alkanes) is 2. The van der Waals surface area contributed by atoms with Gasteiger partial charge in [-0.3, -0.25) is 20.0 Å². The Hall–Kier alpha value is -2.00. The Kier molecular flexibility index (Phi) is 17.0. The van der Waals surface area contributed by atoms with Crippen LogP contribution in [0.3, 0.4) is 0 Å². The van der Waals surface area contributed by atoms with Gasteiger partial charge in [0.2, 0.25) is 5.91 Å². The summed E-state index contributed by atoms with van der Waals surface area (Å²) in [7, 11) is 0. The molecule has 2 saturated heterocycles. The summed E-state index contributed by atoms with van der Waals surface area (Å²) in [5.41, 5.74) is 10.9. The molecule has 0 atom stereocenters. The summed E-state index contributed by atoms with van der Waals surface area (Å²) >= 11 is 0. The van der Waals surface area contributed by atoms with Gasteiger partial charge >= 0.3 is 0 Å². The SMILES string of the molecule is CC(N)=NCCCNC(=O)CCN1CCC(CCCC2CCN(CCC(=O)CCCCCC(=N)N)CC2)CC1. The van der Waals surface area contributed by atoms with Gasteiger partial charge in [-0.25, -0.2) is 0 Å². The van der Waals surface area contributed by atoms with E-state index in [0.717, 1.165) is 76.8 Å². The van der Waals surface area contributed by atoms with E-state index in [1.54, 1.807) is 6.92 Å². The Morgan fingerprint density at radius 2 is 1.36 bits per heavy atom. The van der Waals surface area contributed by atoms with Gasteiger partial charge in [0.25, 0.3) is 0 Å². The Bertz CT molecular complexity index is 738. The number of aliphatic imine (C=N–C) groups is 1. The zero-order chi connectivity index (χ0) is 28.3. The molecule has 6 N–H and O–H groups in total. The molecule has 2 fully saturated rings. The Morgan fingerprint density at radius 3 is 1.92 bits per heavy atom. The number of hydrogen-bond acceptors (Lipinski definition) is 6. The van der Waals surface area contributed by atoms with Gasteiger partial charge in [0, 0.05) is 51.9 Å². The number of piperidine rings is 2. The van der Waals surface area contributed by atoms with E-state index in [4.69, 9.17) is 16.9 Å². The number of ketones is 1. The van der Waals surface area contributed by atoms with Crippen LogP contribution in [0.15, 0.2) is 4.99 Å². The first-order chi connectivity index (χ1) is 18.8. The van der Waals surface area contributed by atoms with Crippen molar-refractivity contribution in [2.45, 2.75) is 103 Å². The number of nitrogens with one attached hydrogen (secondary N) is 2. The summed E-state index contributed by atoms with van der Waals surface area (Å²) < 4.78 is 0. The zero-order valence-corrected chi connectivity index (χ0v) is 24.7. The lowest BCUT2D eigenvalue weighted by atomic mass is 9.87. The molecule has 0 aromatic rings. The van der Waals surface area contributed by atoms with Crippen LogP contribution in [0, 0.1) is 17.2 Å². The monoisotopic (exact) mass is 547 g/mol. The highest BCUT2D eigenvalue weighted by molar-refractivity contribution is 5.78. The molecule has 2 aliphatic heterocycles. The molecule has 0 aliphatic carbocycles. The molecule has 0 bridgehead atoms. The third-order valence-corrected chi connectivity index (χ3v) is 8.42. The number of rotatable bonds is 20. The van der Waals surface area contributed by atoms with Crippen LogP contribution in [-0.4, -0.2) is 85.5 Å². The van der Waals surface area contributed by atoms with Gasteiger partial charge in [0.05, 0.1) is 11.7 Å². The first kappa shape index (κ1) is 33.2. The van der Waals surface area contributed by atoms with Gasteiger partial charge in [-0.1, -0.05) is 25.7 Å². The molecule has 0 radical (unpaired) electrons. The van der Waals surface area contributed by atoms with Gasteiger partial charge in [-0.05, 0) is 89.9 Å². The van der Waals surface area contributed by atoms with Crippen molar-refractivity contribution in [1.82, 2.24) is 15.1 Å². The van der Waals surface area contributed by atoms with E-state index in [1.807, 2.05) is 0 Å². The van der Waals surface area contributed by atoms with E-state index >= 15 is 0 Å². The second-order valence-electron chi connectivity index (χ2n) is 11.9. The van der Waals surface area contributed by atoms with E-state index < -0.39 is 0 Å². The maximum atomic E-state index is 12.2. The first-order valence-corrected chi connectivity index (χ1v) is 15.6. The van der Waals surface area contributed by atoms with Crippen LogP contribution < -0.4 is 16.8 Å². The fraction of sp³-hybridized carbons (Fsp3) is 0.867. The highest BCUT2D eigenvalue weighted by Crippen LogP contribution is 2.27. The number of carbonyl (C=O) groups is 2. The van der Waals surface area contributed by atoms with E-state index in [-0.39, 0.29) is 11.7 Å². The zero-order valence-electron chi connectivity index (χ0n) is 24.7. The quantitative estimate of drug-likeness (QED) is 0.104. The maximum Gasteiger partial charge on any atom is 0.221 e. The van der Waals surface area contributed by atoms with Crippen LogP contribution in [0.25, 0.3) is 0 Å². The van der Waals surface area contributed by atoms with E-state index in [0.29, 0.717) is 50.4 Å². The lowest BCUT2D eigenvalue weighted by Crippen LogP contribution is -2.37. The molecular formula is C30H57N7O2. The fourth-order valence-corrected chi connectivity index (χ4v) is 5.83. The average molecular weight is 548 g/mol. The van der Waals surface area contributed by atoms with Crippen molar-refractivity contribution in [2.24, 2.45) is 28.3 Å². The number of Topliss-reactive ketones (excluding diaryl/α,β-unsaturated/α-hetero) is 1. The Balaban J connectivity index is 1.43. The summed E-state index contributed by atoms with van der Waals surface area (Å²) in [6.45, 7) is 9.44. The molecule has 2 aliphatic rings. The van der Waals surface area contributed by atoms with E-state index in [2.05, 4.69) is 20.1 Å². The van der Waals surface area contributed by atoms with Crippen molar-refractivity contribution >= 4 is 23.4 Å². The minimum absolute atomic E-state index is 0.140. The van der Waals surface area contributed by atoms with Crippen molar-refractivity contribution < 1.29 is 9.59 Å². The van der Waals surface area contributed by atoms with Crippen LogP contribution >= 0.6 is 0 Å².